The number of methoxy groups -OCH3 is 2. The predicted octanol–water partition coefficient (Wildman–Crippen LogP) is 14.7. The highest BCUT2D eigenvalue weighted by Crippen LogP contribution is 2.51. The van der Waals surface area contributed by atoms with Crippen molar-refractivity contribution in [1.29, 1.82) is 0 Å². The fraction of sp³-hybridized carbons (Fsp3) is 0.582. The van der Waals surface area contributed by atoms with E-state index in [1.165, 1.54) is 56.6 Å². The third-order valence-corrected chi connectivity index (χ3v) is 16.9. The molecule has 0 amide bonds. The molecule has 0 radical (unpaired) electrons. The minimum atomic E-state index is -0.650. The van der Waals surface area contributed by atoms with Crippen LogP contribution in [0.25, 0.3) is 0 Å². The number of unbranched alkanes of at least 4 members (excludes halogenated alkanes) is 4. The van der Waals surface area contributed by atoms with Crippen LogP contribution < -0.4 is 14.7 Å². The fourth-order valence-electron chi connectivity index (χ4n) is 12.8. The van der Waals surface area contributed by atoms with Gasteiger partial charge in [0.1, 0.15) is 36.9 Å². The molecule has 15 heteroatoms. The van der Waals surface area contributed by atoms with Gasteiger partial charge in [0.15, 0.2) is 13.2 Å². The van der Waals surface area contributed by atoms with E-state index in [2.05, 4.69) is 49.9 Å². The van der Waals surface area contributed by atoms with Crippen molar-refractivity contribution >= 4 is 36.0 Å². The highest BCUT2D eigenvalue weighted by atomic mass is 35.5. The molecule has 10 atom stereocenters. The molecule has 4 aromatic carbocycles. The summed E-state index contributed by atoms with van der Waals surface area (Å²) in [5.74, 6) is 3.37. The largest absolute Gasteiger partial charge is 0.508 e. The highest BCUT2D eigenvalue weighted by Gasteiger charge is 2.49. The molecule has 4 aromatic rings. The summed E-state index contributed by atoms with van der Waals surface area (Å²) in [6.45, 7) is 6.94. The summed E-state index contributed by atoms with van der Waals surface area (Å²) < 4.78 is 43.9. The van der Waals surface area contributed by atoms with Crippen LogP contribution in [0.2, 0.25) is 0 Å². The number of aliphatic hydroxyl groups excluding tert-OH is 1. The molecule has 0 bridgehead atoms. The molecule has 14 nitrogen and oxygen atoms in total. The first-order valence-corrected chi connectivity index (χ1v) is 29.6. The Labute approximate surface area is 494 Å². The fourth-order valence-corrected chi connectivity index (χ4v) is 12.8. The minimum absolute atomic E-state index is 0. The molecule has 0 spiro atoms. The molecular weight excluding hydrogens is 1060 g/mol. The van der Waals surface area contributed by atoms with Crippen LogP contribution in [-0.4, -0.2) is 75.1 Å². The molecule has 8 rings (SSSR count). The Kier molecular flexibility index (Phi) is 30.7. The highest BCUT2D eigenvalue weighted by molar-refractivity contribution is 6.11. The average Bonchev–Trinajstić information content (AvgIpc) is 4.24. The summed E-state index contributed by atoms with van der Waals surface area (Å²) in [6, 6.07) is 31.3. The van der Waals surface area contributed by atoms with Crippen LogP contribution in [0.4, 0.5) is 9.59 Å². The number of ether oxygens (including phenoxy) is 8. The summed E-state index contributed by atoms with van der Waals surface area (Å²) in [5, 5.41) is 14.5. The molecule has 2 saturated carbocycles. The van der Waals surface area contributed by atoms with Gasteiger partial charge in [0.2, 0.25) is 0 Å². The van der Waals surface area contributed by atoms with Gasteiger partial charge in [-0.1, -0.05) is 172 Å². The monoisotopic (exact) mass is 1160 g/mol. The van der Waals surface area contributed by atoms with Crippen LogP contribution >= 0.6 is 11.8 Å². The Morgan fingerprint density at radius 2 is 0.988 bits per heavy atom. The van der Waals surface area contributed by atoms with E-state index in [1.807, 2.05) is 84.9 Å². The van der Waals surface area contributed by atoms with Crippen LogP contribution in [0, 0.1) is 41.4 Å². The van der Waals surface area contributed by atoms with E-state index in [0.29, 0.717) is 47.7 Å². The van der Waals surface area contributed by atoms with Crippen molar-refractivity contribution in [2.24, 2.45) is 46.7 Å². The lowest BCUT2D eigenvalue weighted by atomic mass is 9.73. The lowest BCUT2D eigenvalue weighted by Gasteiger charge is -2.32. The van der Waals surface area contributed by atoms with E-state index >= 15 is 0 Å². The molecule has 0 heterocycles. The third kappa shape index (κ3) is 20.8. The second kappa shape index (κ2) is 36.7. The maximum atomic E-state index is 12.4. The maximum absolute atomic E-state index is 12.4. The summed E-state index contributed by atoms with van der Waals surface area (Å²) in [5.41, 5.74) is 6.64. The first-order valence-electron chi connectivity index (χ1n) is 29.2. The number of benzene rings is 4. The van der Waals surface area contributed by atoms with E-state index in [-0.39, 0.29) is 71.5 Å². The van der Waals surface area contributed by atoms with Crippen molar-refractivity contribution in [1.82, 2.24) is 0 Å². The Morgan fingerprint density at radius 1 is 0.561 bits per heavy atom. The quantitative estimate of drug-likeness (QED) is 0.0261. The Balaban J connectivity index is 0.000000334. The van der Waals surface area contributed by atoms with Crippen molar-refractivity contribution < 1.29 is 62.2 Å². The number of hydrogen-bond donors (Lipinski definition) is 2. The molecular formula is C67H96ClNO13. The molecule has 0 aromatic heterocycles. The van der Waals surface area contributed by atoms with Gasteiger partial charge in [-0.15, -0.1) is 0 Å². The second-order valence-electron chi connectivity index (χ2n) is 22.2. The Morgan fingerprint density at radius 3 is 1.41 bits per heavy atom. The van der Waals surface area contributed by atoms with Gasteiger partial charge in [-0.2, -0.15) is 0 Å². The molecule has 0 saturated heterocycles. The summed E-state index contributed by atoms with van der Waals surface area (Å²) in [6.07, 6.45) is 16.0. The average molecular weight is 1160 g/mol. The van der Waals surface area contributed by atoms with Crippen LogP contribution in [-0.2, 0) is 76.9 Å². The summed E-state index contributed by atoms with van der Waals surface area (Å²) >= 11 is 4.14. The van der Waals surface area contributed by atoms with Gasteiger partial charge in [-0.05, 0) is 163 Å². The number of carbonyl (C=O) groups is 4. The zero-order valence-electron chi connectivity index (χ0n) is 47.9. The zero-order valence-corrected chi connectivity index (χ0v) is 48.6. The number of hydrogen-bond acceptors (Lipinski definition) is 14. The summed E-state index contributed by atoms with van der Waals surface area (Å²) in [7, 11) is 2.71. The zero-order chi connectivity index (χ0) is 57.2. The number of esters is 2. The van der Waals surface area contributed by atoms with E-state index < -0.39 is 18.3 Å². The van der Waals surface area contributed by atoms with E-state index in [1.54, 1.807) is 0 Å². The Hall–Kier alpha value is -5.83. The van der Waals surface area contributed by atoms with Crippen LogP contribution in [0.1, 0.15) is 159 Å². The molecule has 4 aliphatic rings. The molecule has 454 valence electrons. The summed E-state index contributed by atoms with van der Waals surface area (Å²) in [4.78, 5) is 48.8. The SMILES string of the molecule is C.C.CCCCC[C@H](C)CC[C@@H]1[C@H]2Cc3cccc(OCC(=O)OCc4ccccc4)c3C[C@H]2C[C@H]1OC(=O)OC.CCCCC[C@H](O)CC[C@@H]1[C@H]2Cc3cccc(OCC(=O)OCc4ccccc4)c3C[C@H]2C[C@H]1OC(=O)OC.NCl. The molecule has 0 unspecified atom stereocenters. The van der Waals surface area contributed by atoms with E-state index in [9.17, 15) is 24.3 Å². The smallest absolute Gasteiger partial charge is 0.482 e. The maximum Gasteiger partial charge on any atom is 0.508 e. The molecule has 82 heavy (non-hydrogen) atoms. The molecule has 0 aliphatic heterocycles. The number of rotatable bonds is 26. The van der Waals surface area contributed by atoms with E-state index in [4.69, 9.17) is 37.9 Å². The van der Waals surface area contributed by atoms with Crippen LogP contribution in [0.5, 0.6) is 11.5 Å². The molecule has 4 aliphatic carbocycles. The van der Waals surface area contributed by atoms with Gasteiger partial charge in [-0.25, -0.2) is 24.4 Å². The lowest BCUT2D eigenvalue weighted by molar-refractivity contribution is -0.148. The predicted molar refractivity (Wildman–Crippen MR) is 321 cm³/mol. The third-order valence-electron chi connectivity index (χ3n) is 16.9. The standard InChI is InChI=1S/C33H44O6.C32H42O7.2CH4.ClH2N/c1-4-5-7-11-23(2)16-17-27-28-18-25-14-10-15-30(29(25)19-26(28)20-31(27)39-33(35)36-3)37-22-32(34)38-21-24-12-8-6-9-13-24;1-3-4-6-13-25(33)15-16-26-27-17-23-12-9-14-29(28(23)18-24(27)19-30(26)39-32(35)36-2)37-21-31(34)38-20-22-10-7-5-8-11-22;;;1-2/h6,8-10,12-15,23,26-28,31H,4-5,7,11,16-22H2,1-3H3;5,7-12,14,24-27,30,33H,3-4,6,13,15-21H2,1-2H3;2*1H4;2H2/t23-,26-,27+,28-,31+;24-,25-,26+,27-,30+;;;/m00.../s1. The van der Waals surface area contributed by atoms with E-state index in [0.717, 1.165) is 106 Å². The number of fused-ring (bicyclic) bond motifs is 4. The van der Waals surface area contributed by atoms with Crippen molar-refractivity contribution in [3.05, 3.63) is 130 Å². The van der Waals surface area contributed by atoms with Crippen molar-refractivity contribution in [2.75, 3.05) is 27.4 Å². The van der Waals surface area contributed by atoms with Gasteiger partial charge >= 0.3 is 24.2 Å². The first kappa shape index (κ1) is 68.7. The van der Waals surface area contributed by atoms with Crippen molar-refractivity contribution in [3.8, 4) is 11.5 Å². The van der Waals surface area contributed by atoms with Gasteiger partial charge in [0.25, 0.3) is 0 Å². The van der Waals surface area contributed by atoms with Gasteiger partial charge < -0.3 is 43.0 Å². The molecule has 2 fully saturated rings. The van der Waals surface area contributed by atoms with Crippen molar-refractivity contribution in [2.45, 2.75) is 183 Å². The van der Waals surface area contributed by atoms with Crippen LogP contribution in [0.15, 0.2) is 97.1 Å². The number of nitrogens with two attached hydrogens (primary N) is 1. The number of carbonyl (C=O) groups excluding carboxylic acids is 4. The van der Waals surface area contributed by atoms with Gasteiger partial charge in [0, 0.05) is 0 Å². The topological polar surface area (TPSA) is 188 Å². The minimum Gasteiger partial charge on any atom is -0.482 e. The van der Waals surface area contributed by atoms with Gasteiger partial charge in [-0.3, -0.25) is 0 Å². The van der Waals surface area contributed by atoms with Crippen LogP contribution in [0.3, 0.4) is 0 Å². The van der Waals surface area contributed by atoms with Gasteiger partial charge in [0.05, 0.1) is 20.3 Å². The number of halogens is 1. The first-order chi connectivity index (χ1) is 39.0. The van der Waals surface area contributed by atoms with Crippen molar-refractivity contribution in [3.63, 3.8) is 0 Å². The lowest BCUT2D eigenvalue weighted by Crippen LogP contribution is -2.30. The normalized spacial score (nSPS) is 21.3. The molecule has 3 N–H and O–H groups in total. The Bertz CT molecular complexity index is 2320. The second-order valence-corrected chi connectivity index (χ2v) is 22.2. The number of aliphatic hydroxyl groups is 1.